The number of nitrogens with zero attached hydrogens (tertiary/aromatic N) is 6. The summed E-state index contributed by atoms with van der Waals surface area (Å²) in [5.41, 5.74) is 3.38. The average molecular weight is 447 g/mol. The van der Waals surface area contributed by atoms with E-state index >= 15 is 0 Å². The van der Waals surface area contributed by atoms with Crippen molar-refractivity contribution in [2.24, 2.45) is 0 Å². The molecule has 0 unspecified atom stereocenters. The van der Waals surface area contributed by atoms with E-state index in [0.717, 1.165) is 22.0 Å². The van der Waals surface area contributed by atoms with Crippen LogP contribution in [0.3, 0.4) is 0 Å². The molecule has 3 heterocycles. The predicted molar refractivity (Wildman–Crippen MR) is 121 cm³/mol. The summed E-state index contributed by atoms with van der Waals surface area (Å²) in [6, 6.07) is 11.7. The lowest BCUT2D eigenvalue weighted by Gasteiger charge is -2.21. The Kier molecular flexibility index (Phi) is 6.84. The first-order valence-corrected chi connectivity index (χ1v) is 10.7. The summed E-state index contributed by atoms with van der Waals surface area (Å²) in [6.45, 7) is 5.18. The van der Waals surface area contributed by atoms with Crippen LogP contribution in [0.25, 0.3) is 10.9 Å². The van der Waals surface area contributed by atoms with Crippen molar-refractivity contribution in [3.63, 3.8) is 0 Å². The van der Waals surface area contributed by atoms with Crippen molar-refractivity contribution in [2.75, 3.05) is 6.61 Å². The molecule has 170 valence electrons. The Morgan fingerprint density at radius 1 is 1.18 bits per heavy atom. The van der Waals surface area contributed by atoms with Gasteiger partial charge >= 0.3 is 5.97 Å². The second kappa shape index (κ2) is 10.1. The standard InChI is InChI=1S/C23H25N7O3/c1-3-33-22(31)15-30-21(26-27-28-30)14-29(12-17-5-4-8-24-11-17)13-19-10-18-9-16(2)6-7-20(18)25-23(19)32/h4-11H,3,12-15H2,1-2H3,(H,25,32). The Labute approximate surface area is 190 Å². The van der Waals surface area contributed by atoms with Gasteiger partial charge in [-0.3, -0.25) is 19.5 Å². The molecule has 10 heteroatoms. The van der Waals surface area contributed by atoms with Crippen molar-refractivity contribution >= 4 is 16.9 Å². The molecule has 0 spiro atoms. The van der Waals surface area contributed by atoms with Gasteiger partial charge in [0.15, 0.2) is 5.82 Å². The third kappa shape index (κ3) is 5.66. The summed E-state index contributed by atoms with van der Waals surface area (Å²) in [4.78, 5) is 33.9. The molecule has 4 aromatic rings. The van der Waals surface area contributed by atoms with Gasteiger partial charge in [0.1, 0.15) is 6.54 Å². The number of esters is 1. The molecule has 0 saturated heterocycles. The lowest BCUT2D eigenvalue weighted by atomic mass is 10.1. The van der Waals surface area contributed by atoms with Crippen LogP contribution in [0.1, 0.15) is 29.4 Å². The zero-order valence-corrected chi connectivity index (χ0v) is 18.6. The maximum atomic E-state index is 12.8. The average Bonchev–Trinajstić information content (AvgIpc) is 3.21. The highest BCUT2D eigenvalue weighted by molar-refractivity contribution is 5.79. The van der Waals surface area contributed by atoms with Crippen LogP contribution >= 0.6 is 0 Å². The first-order chi connectivity index (χ1) is 16.0. The van der Waals surface area contributed by atoms with Gasteiger partial charge in [-0.05, 0) is 59.5 Å². The van der Waals surface area contributed by atoms with Crippen LogP contribution in [0, 0.1) is 6.92 Å². The number of aromatic nitrogens is 6. The highest BCUT2D eigenvalue weighted by Crippen LogP contribution is 2.16. The summed E-state index contributed by atoms with van der Waals surface area (Å²) < 4.78 is 6.43. The summed E-state index contributed by atoms with van der Waals surface area (Å²) in [5.74, 6) is 0.0891. The van der Waals surface area contributed by atoms with Crippen LogP contribution in [-0.2, 0) is 35.7 Å². The fourth-order valence-electron chi connectivity index (χ4n) is 3.64. The minimum atomic E-state index is -0.411. The number of aromatic amines is 1. The fourth-order valence-corrected chi connectivity index (χ4v) is 3.64. The number of H-pyrrole nitrogens is 1. The molecule has 1 N–H and O–H groups in total. The lowest BCUT2D eigenvalue weighted by Crippen LogP contribution is -2.28. The Hall–Kier alpha value is -3.92. The normalized spacial score (nSPS) is 11.2. The molecule has 0 radical (unpaired) electrons. The van der Waals surface area contributed by atoms with Crippen molar-refractivity contribution in [1.82, 2.24) is 35.1 Å². The molecule has 0 bridgehead atoms. The van der Waals surface area contributed by atoms with Crippen molar-refractivity contribution in [1.29, 1.82) is 0 Å². The quantitative estimate of drug-likeness (QED) is 0.387. The maximum Gasteiger partial charge on any atom is 0.327 e. The smallest absolute Gasteiger partial charge is 0.327 e. The third-order valence-electron chi connectivity index (χ3n) is 5.15. The molecule has 3 aromatic heterocycles. The molecular weight excluding hydrogens is 422 g/mol. The molecule has 0 atom stereocenters. The van der Waals surface area contributed by atoms with Gasteiger partial charge in [0.05, 0.1) is 13.2 Å². The number of fused-ring (bicyclic) bond motifs is 1. The van der Waals surface area contributed by atoms with E-state index in [0.29, 0.717) is 31.0 Å². The van der Waals surface area contributed by atoms with E-state index in [1.807, 2.05) is 48.2 Å². The Morgan fingerprint density at radius 3 is 2.85 bits per heavy atom. The summed E-state index contributed by atoms with van der Waals surface area (Å²) >= 11 is 0. The number of rotatable bonds is 9. The van der Waals surface area contributed by atoms with E-state index in [-0.39, 0.29) is 18.7 Å². The van der Waals surface area contributed by atoms with Crippen LogP contribution in [0.2, 0.25) is 0 Å². The second-order valence-electron chi connectivity index (χ2n) is 7.78. The number of nitrogens with one attached hydrogen (secondary N) is 1. The van der Waals surface area contributed by atoms with E-state index in [1.54, 1.807) is 19.3 Å². The summed E-state index contributed by atoms with van der Waals surface area (Å²) in [6.07, 6.45) is 3.49. The van der Waals surface area contributed by atoms with Crippen LogP contribution in [0.5, 0.6) is 0 Å². The topological polar surface area (TPSA) is 119 Å². The van der Waals surface area contributed by atoms with Gasteiger partial charge in [-0.25, -0.2) is 4.68 Å². The van der Waals surface area contributed by atoms with Crippen LogP contribution in [-0.4, -0.2) is 47.7 Å². The molecule has 0 saturated carbocycles. The maximum absolute atomic E-state index is 12.8. The van der Waals surface area contributed by atoms with Crippen molar-refractivity contribution < 1.29 is 9.53 Å². The number of carbonyl (C=O) groups is 1. The van der Waals surface area contributed by atoms with E-state index < -0.39 is 5.97 Å². The molecule has 33 heavy (non-hydrogen) atoms. The number of aryl methyl sites for hydroxylation is 1. The predicted octanol–water partition coefficient (Wildman–Crippen LogP) is 1.98. The Balaban J connectivity index is 1.62. The number of pyridine rings is 2. The monoisotopic (exact) mass is 447 g/mol. The molecule has 0 amide bonds. The van der Waals surface area contributed by atoms with E-state index in [4.69, 9.17) is 4.74 Å². The number of hydrogen-bond donors (Lipinski definition) is 1. The van der Waals surface area contributed by atoms with Gasteiger partial charge in [-0.2, -0.15) is 0 Å². The van der Waals surface area contributed by atoms with Gasteiger partial charge < -0.3 is 9.72 Å². The van der Waals surface area contributed by atoms with Crippen molar-refractivity contribution in [2.45, 2.75) is 40.0 Å². The number of benzene rings is 1. The first kappa shape index (κ1) is 22.3. The van der Waals surface area contributed by atoms with Gasteiger partial charge in [-0.15, -0.1) is 5.10 Å². The van der Waals surface area contributed by atoms with Gasteiger partial charge in [0.2, 0.25) is 0 Å². The van der Waals surface area contributed by atoms with Gasteiger partial charge in [0, 0.05) is 36.6 Å². The molecule has 4 rings (SSSR count). The molecule has 10 nitrogen and oxygen atoms in total. The zero-order chi connectivity index (χ0) is 23.2. The molecule has 0 aliphatic heterocycles. The SMILES string of the molecule is CCOC(=O)Cn1nnnc1CN(Cc1cccnc1)Cc1cc2cc(C)ccc2[nH]c1=O. The van der Waals surface area contributed by atoms with Crippen LogP contribution in [0.4, 0.5) is 0 Å². The highest BCUT2D eigenvalue weighted by atomic mass is 16.5. The van der Waals surface area contributed by atoms with Crippen LogP contribution < -0.4 is 5.56 Å². The highest BCUT2D eigenvalue weighted by Gasteiger charge is 2.17. The van der Waals surface area contributed by atoms with E-state index in [1.165, 1.54) is 4.68 Å². The van der Waals surface area contributed by atoms with E-state index in [2.05, 4.69) is 25.5 Å². The third-order valence-corrected chi connectivity index (χ3v) is 5.15. The molecule has 1 aromatic carbocycles. The lowest BCUT2D eigenvalue weighted by molar-refractivity contribution is -0.144. The number of tetrazole rings is 1. The molecule has 0 aliphatic rings. The number of ether oxygens (including phenoxy) is 1. The summed E-state index contributed by atoms with van der Waals surface area (Å²) in [5, 5.41) is 12.7. The second-order valence-corrected chi connectivity index (χ2v) is 7.78. The molecular formula is C23H25N7O3. The van der Waals surface area contributed by atoms with Gasteiger partial charge in [0.25, 0.3) is 5.56 Å². The zero-order valence-electron chi connectivity index (χ0n) is 18.6. The largest absolute Gasteiger partial charge is 0.465 e. The number of hydrogen-bond acceptors (Lipinski definition) is 8. The van der Waals surface area contributed by atoms with Crippen LogP contribution in [0.15, 0.2) is 53.6 Å². The van der Waals surface area contributed by atoms with Crippen molar-refractivity contribution in [3.05, 3.63) is 81.7 Å². The number of carbonyl (C=O) groups excluding carboxylic acids is 1. The summed E-state index contributed by atoms with van der Waals surface area (Å²) in [7, 11) is 0. The minimum absolute atomic E-state index is 0.0766. The fraction of sp³-hybridized carbons (Fsp3) is 0.304. The Bertz CT molecular complexity index is 1300. The molecule has 0 fully saturated rings. The van der Waals surface area contributed by atoms with Crippen molar-refractivity contribution in [3.8, 4) is 0 Å². The van der Waals surface area contributed by atoms with E-state index in [9.17, 15) is 9.59 Å². The minimum Gasteiger partial charge on any atom is -0.465 e. The first-order valence-electron chi connectivity index (χ1n) is 10.7. The molecule has 0 aliphatic carbocycles. The Morgan fingerprint density at radius 2 is 2.06 bits per heavy atom. The van der Waals surface area contributed by atoms with Gasteiger partial charge in [-0.1, -0.05) is 17.7 Å².